The van der Waals surface area contributed by atoms with Gasteiger partial charge in [0.05, 0.1) is 6.54 Å². The summed E-state index contributed by atoms with van der Waals surface area (Å²) in [7, 11) is 0. The molecule has 8 nitrogen and oxygen atoms in total. The first kappa shape index (κ1) is 19.7. The van der Waals surface area contributed by atoms with E-state index in [0.717, 1.165) is 19.4 Å². The van der Waals surface area contributed by atoms with Gasteiger partial charge in [-0.3, -0.25) is 14.7 Å². The fourth-order valence-electron chi connectivity index (χ4n) is 3.37. The average molecular weight is 384 g/mol. The Morgan fingerprint density at radius 3 is 2.79 bits per heavy atom. The van der Waals surface area contributed by atoms with E-state index < -0.39 is 0 Å². The van der Waals surface area contributed by atoms with Crippen LogP contribution in [0.2, 0.25) is 0 Å². The van der Waals surface area contributed by atoms with Crippen LogP contribution in [0, 0.1) is 0 Å². The highest BCUT2D eigenvalue weighted by Crippen LogP contribution is 2.22. The molecule has 1 saturated heterocycles. The molecule has 1 aliphatic heterocycles. The molecule has 0 unspecified atom stereocenters. The van der Waals surface area contributed by atoms with Gasteiger partial charge in [-0.2, -0.15) is 0 Å². The first-order valence-electron chi connectivity index (χ1n) is 9.82. The molecule has 1 fully saturated rings. The Hall–Kier alpha value is -3.03. The number of aromatic nitrogens is 1. The van der Waals surface area contributed by atoms with Crippen LogP contribution in [0.3, 0.4) is 0 Å². The van der Waals surface area contributed by atoms with Gasteiger partial charge in [-0.1, -0.05) is 25.1 Å². The molecule has 3 amide bonds. The second-order valence-corrected chi connectivity index (χ2v) is 6.65. The van der Waals surface area contributed by atoms with E-state index in [9.17, 15) is 9.59 Å². The second-order valence-electron chi connectivity index (χ2n) is 6.65. The Kier molecular flexibility index (Phi) is 6.52. The Morgan fingerprint density at radius 1 is 1.21 bits per heavy atom. The number of para-hydroxylation sites is 1. The number of aromatic amines is 1. The minimum atomic E-state index is -0.334. The quantitative estimate of drug-likeness (QED) is 0.314. The lowest BCUT2D eigenvalue weighted by atomic mass is 10.1. The van der Waals surface area contributed by atoms with E-state index in [2.05, 4.69) is 57.2 Å². The highest BCUT2D eigenvalue weighted by atomic mass is 16.2. The normalized spacial score (nSPS) is 14.6. The maximum atomic E-state index is 11.6. The molecule has 0 saturated carbocycles. The Labute approximate surface area is 164 Å². The van der Waals surface area contributed by atoms with Gasteiger partial charge in [0.15, 0.2) is 5.96 Å². The van der Waals surface area contributed by atoms with E-state index in [1.807, 2.05) is 6.92 Å². The van der Waals surface area contributed by atoms with Crippen LogP contribution in [0.15, 0.2) is 29.4 Å². The van der Waals surface area contributed by atoms with E-state index in [1.54, 1.807) is 0 Å². The third-order valence-corrected chi connectivity index (χ3v) is 4.83. The van der Waals surface area contributed by atoms with E-state index in [0.29, 0.717) is 25.6 Å². The van der Waals surface area contributed by atoms with Gasteiger partial charge in [0.2, 0.25) is 5.91 Å². The standard InChI is InChI=1S/C20H28N6O2/c1-3-14-6-5-7-16-15(12-24-18(14)16)8-9-22-19(21-4-2)23-10-11-26-17(27)13-25-20(26)28/h5-7,12,24H,3-4,8-11,13H2,1-2H3,(H,25,28)(H2,21,22,23). The summed E-state index contributed by atoms with van der Waals surface area (Å²) in [4.78, 5) is 32.4. The van der Waals surface area contributed by atoms with Crippen molar-refractivity contribution in [2.24, 2.45) is 4.99 Å². The summed E-state index contributed by atoms with van der Waals surface area (Å²) in [5.74, 6) is 0.489. The lowest BCUT2D eigenvalue weighted by Gasteiger charge is -2.15. The Morgan fingerprint density at radius 2 is 2.07 bits per heavy atom. The summed E-state index contributed by atoms with van der Waals surface area (Å²) in [6, 6.07) is 6.06. The molecular weight excluding hydrogens is 356 g/mol. The number of aryl methyl sites for hydroxylation is 1. The molecule has 2 aromatic rings. The van der Waals surface area contributed by atoms with Crippen molar-refractivity contribution in [2.45, 2.75) is 26.7 Å². The van der Waals surface area contributed by atoms with E-state index in [-0.39, 0.29) is 18.5 Å². The molecule has 8 heteroatoms. The van der Waals surface area contributed by atoms with Crippen LogP contribution in [0.5, 0.6) is 0 Å². The molecule has 1 aromatic heterocycles. The van der Waals surface area contributed by atoms with Crippen molar-refractivity contribution >= 4 is 28.8 Å². The highest BCUT2D eigenvalue weighted by Gasteiger charge is 2.27. The van der Waals surface area contributed by atoms with Gasteiger partial charge in [-0.05, 0) is 30.9 Å². The molecular formula is C20H28N6O2. The zero-order chi connectivity index (χ0) is 19.9. The van der Waals surface area contributed by atoms with Gasteiger partial charge in [0, 0.05) is 43.3 Å². The molecule has 0 bridgehead atoms. The largest absolute Gasteiger partial charge is 0.361 e. The van der Waals surface area contributed by atoms with Gasteiger partial charge in [0.1, 0.15) is 0 Å². The summed E-state index contributed by atoms with van der Waals surface area (Å²) in [5, 5.41) is 10.1. The number of amides is 3. The minimum Gasteiger partial charge on any atom is -0.361 e. The third-order valence-electron chi connectivity index (χ3n) is 4.83. The molecule has 0 atom stereocenters. The molecule has 0 radical (unpaired) electrons. The number of hydrogen-bond acceptors (Lipinski definition) is 3. The summed E-state index contributed by atoms with van der Waals surface area (Å²) in [5.41, 5.74) is 3.79. The van der Waals surface area contributed by atoms with Gasteiger partial charge >= 0.3 is 6.03 Å². The molecule has 28 heavy (non-hydrogen) atoms. The number of nitrogens with zero attached hydrogens (tertiary/aromatic N) is 2. The van der Waals surface area contributed by atoms with Gasteiger partial charge in [0.25, 0.3) is 0 Å². The van der Waals surface area contributed by atoms with Crippen molar-refractivity contribution in [1.82, 2.24) is 25.8 Å². The molecule has 4 N–H and O–H groups in total. The summed E-state index contributed by atoms with van der Waals surface area (Å²) < 4.78 is 0. The van der Waals surface area contributed by atoms with Crippen LogP contribution in [-0.4, -0.2) is 60.5 Å². The molecule has 150 valence electrons. The van der Waals surface area contributed by atoms with Gasteiger partial charge < -0.3 is 20.9 Å². The molecule has 1 aromatic carbocycles. The van der Waals surface area contributed by atoms with Crippen LogP contribution in [-0.2, 0) is 17.6 Å². The van der Waals surface area contributed by atoms with Crippen molar-refractivity contribution in [3.63, 3.8) is 0 Å². The third kappa shape index (κ3) is 4.44. The molecule has 1 aliphatic rings. The van der Waals surface area contributed by atoms with Gasteiger partial charge in [-0.25, -0.2) is 4.79 Å². The van der Waals surface area contributed by atoms with Crippen LogP contribution >= 0.6 is 0 Å². The van der Waals surface area contributed by atoms with Gasteiger partial charge in [-0.15, -0.1) is 0 Å². The van der Waals surface area contributed by atoms with Crippen molar-refractivity contribution in [1.29, 1.82) is 0 Å². The monoisotopic (exact) mass is 384 g/mol. The fourth-order valence-corrected chi connectivity index (χ4v) is 3.37. The number of H-pyrrole nitrogens is 1. The molecule has 0 aliphatic carbocycles. The number of urea groups is 1. The number of nitrogens with one attached hydrogen (secondary N) is 4. The van der Waals surface area contributed by atoms with Crippen LogP contribution in [0.25, 0.3) is 10.9 Å². The van der Waals surface area contributed by atoms with Crippen LogP contribution in [0.1, 0.15) is 25.0 Å². The number of fused-ring (bicyclic) bond motifs is 1. The average Bonchev–Trinajstić information content (AvgIpc) is 3.25. The summed E-state index contributed by atoms with van der Waals surface area (Å²) in [6.07, 6.45) is 3.90. The fraction of sp³-hybridized carbons (Fsp3) is 0.450. The minimum absolute atomic E-state index is 0.0807. The van der Waals surface area contributed by atoms with E-state index in [1.165, 1.54) is 26.9 Å². The lowest BCUT2D eigenvalue weighted by molar-refractivity contribution is -0.124. The second kappa shape index (κ2) is 9.25. The first-order chi connectivity index (χ1) is 13.6. The Bertz CT molecular complexity index is 857. The predicted molar refractivity (Wildman–Crippen MR) is 110 cm³/mol. The van der Waals surface area contributed by atoms with E-state index >= 15 is 0 Å². The highest BCUT2D eigenvalue weighted by molar-refractivity contribution is 6.02. The number of benzene rings is 1. The Balaban J connectivity index is 1.56. The predicted octanol–water partition coefficient (Wildman–Crippen LogP) is 1.38. The number of aliphatic imine (C=N–C) groups is 1. The number of rotatable bonds is 8. The number of guanidine groups is 1. The maximum absolute atomic E-state index is 11.6. The van der Waals surface area contributed by atoms with Crippen molar-refractivity contribution in [3.05, 3.63) is 35.5 Å². The van der Waals surface area contributed by atoms with Crippen molar-refractivity contribution in [2.75, 3.05) is 32.7 Å². The molecule has 0 spiro atoms. The molecule has 3 rings (SSSR count). The summed E-state index contributed by atoms with van der Waals surface area (Å²) >= 11 is 0. The summed E-state index contributed by atoms with van der Waals surface area (Å²) in [6.45, 7) is 6.39. The first-order valence-corrected chi connectivity index (χ1v) is 9.82. The topological polar surface area (TPSA) is 102 Å². The SMILES string of the molecule is CCNC(=NCCc1c[nH]c2c(CC)cccc12)NCCN1C(=O)CNC1=O. The number of imide groups is 1. The zero-order valence-electron chi connectivity index (χ0n) is 16.5. The van der Waals surface area contributed by atoms with Crippen molar-refractivity contribution < 1.29 is 9.59 Å². The van der Waals surface area contributed by atoms with Crippen LogP contribution in [0.4, 0.5) is 4.79 Å². The number of carbonyl (C=O) groups excluding carboxylic acids is 2. The van der Waals surface area contributed by atoms with Crippen LogP contribution < -0.4 is 16.0 Å². The maximum Gasteiger partial charge on any atom is 0.324 e. The smallest absolute Gasteiger partial charge is 0.324 e. The zero-order valence-corrected chi connectivity index (χ0v) is 16.5. The number of carbonyl (C=O) groups is 2. The number of hydrogen-bond donors (Lipinski definition) is 4. The van der Waals surface area contributed by atoms with E-state index in [4.69, 9.17) is 0 Å². The lowest BCUT2D eigenvalue weighted by Crippen LogP contribution is -2.43. The van der Waals surface area contributed by atoms with Crippen molar-refractivity contribution in [3.8, 4) is 0 Å². The molecule has 2 heterocycles.